The molecule has 0 unspecified atom stereocenters. The van der Waals surface area contributed by atoms with Gasteiger partial charge in [0.1, 0.15) is 6.67 Å². The Hall–Kier alpha value is -3.35. The molecule has 0 radical (unpaired) electrons. The van der Waals surface area contributed by atoms with Crippen LogP contribution in [-0.4, -0.2) is 27.9 Å². The summed E-state index contributed by atoms with van der Waals surface area (Å²) in [6.45, 7) is 0.448. The number of carboxylic acids is 1. The van der Waals surface area contributed by atoms with Crippen LogP contribution < -0.4 is 10.7 Å². The highest BCUT2D eigenvalue weighted by Crippen LogP contribution is 2.23. The first-order valence-corrected chi connectivity index (χ1v) is 6.87. The molecule has 1 N–H and O–H groups in total. The lowest BCUT2D eigenvalue weighted by atomic mass is 10.1. The van der Waals surface area contributed by atoms with Crippen LogP contribution in [0.25, 0.3) is 22.9 Å². The van der Waals surface area contributed by atoms with Gasteiger partial charge in [-0.05, 0) is 42.5 Å². The molecule has 2 heterocycles. The number of nitrogens with zero attached hydrogens (tertiary/aromatic N) is 4. The minimum Gasteiger partial charge on any atom is -0.478 e. The summed E-state index contributed by atoms with van der Waals surface area (Å²) in [5.74, 6) is -0.263. The van der Waals surface area contributed by atoms with Crippen molar-refractivity contribution in [3.8, 4) is 22.9 Å². The average Bonchev–Trinajstić information content (AvgIpc) is 3.23. The van der Waals surface area contributed by atoms with Gasteiger partial charge in [0.25, 0.3) is 0 Å². The van der Waals surface area contributed by atoms with Crippen molar-refractivity contribution < 1.29 is 14.3 Å². The summed E-state index contributed by atoms with van der Waals surface area (Å²) in [4.78, 5) is 19.4. The molecule has 2 aromatic carbocycles. The Kier molecular flexibility index (Phi) is 2.97. The molecule has 3 aromatic rings. The van der Waals surface area contributed by atoms with Crippen molar-refractivity contribution in [2.75, 3.05) is 6.67 Å². The van der Waals surface area contributed by atoms with Gasteiger partial charge in [0.05, 0.1) is 16.3 Å². The summed E-state index contributed by atoms with van der Waals surface area (Å²) in [6.07, 6.45) is 0. The van der Waals surface area contributed by atoms with Crippen molar-refractivity contribution in [2.24, 2.45) is 9.98 Å². The fourth-order valence-corrected chi connectivity index (χ4v) is 2.32. The van der Waals surface area contributed by atoms with Gasteiger partial charge in [-0.15, -0.1) is 10.2 Å². The molecular weight excluding hydrogens is 296 g/mol. The molecule has 0 saturated carbocycles. The monoisotopic (exact) mass is 306 g/mol. The minimum atomic E-state index is -0.977. The Balaban J connectivity index is 1.69. The van der Waals surface area contributed by atoms with Gasteiger partial charge in [-0.3, -0.25) is 9.98 Å². The summed E-state index contributed by atoms with van der Waals surface area (Å²) in [5, 5.41) is 18.6. The molecule has 1 aromatic heterocycles. The van der Waals surface area contributed by atoms with Gasteiger partial charge in [0, 0.05) is 11.1 Å². The molecule has 0 bridgehead atoms. The Labute approximate surface area is 129 Å². The number of aromatic nitrogens is 2. The number of hydrogen-bond acceptors (Lipinski definition) is 6. The largest absolute Gasteiger partial charge is 0.478 e. The van der Waals surface area contributed by atoms with Crippen LogP contribution in [0.4, 0.5) is 0 Å². The second-order valence-corrected chi connectivity index (χ2v) is 4.96. The number of rotatable bonds is 3. The zero-order valence-electron chi connectivity index (χ0n) is 11.8. The first-order valence-electron chi connectivity index (χ1n) is 6.87. The Bertz CT molecular complexity index is 1020. The minimum absolute atomic E-state index is 0.206. The second-order valence-electron chi connectivity index (χ2n) is 4.96. The summed E-state index contributed by atoms with van der Waals surface area (Å²) in [5.41, 5.74) is 1.64. The summed E-state index contributed by atoms with van der Waals surface area (Å²) >= 11 is 0. The highest BCUT2D eigenvalue weighted by atomic mass is 16.4. The van der Waals surface area contributed by atoms with Gasteiger partial charge >= 0.3 is 5.97 Å². The van der Waals surface area contributed by atoms with Crippen LogP contribution in [0.1, 0.15) is 10.4 Å². The predicted octanol–water partition coefficient (Wildman–Crippen LogP) is 1.31. The lowest BCUT2D eigenvalue weighted by Crippen LogP contribution is -2.20. The van der Waals surface area contributed by atoms with Crippen LogP contribution >= 0.6 is 0 Å². The molecule has 0 amide bonds. The van der Waals surface area contributed by atoms with E-state index in [2.05, 4.69) is 20.2 Å². The predicted molar refractivity (Wildman–Crippen MR) is 79.3 cm³/mol. The Morgan fingerprint density at radius 3 is 2.30 bits per heavy atom. The van der Waals surface area contributed by atoms with Crippen molar-refractivity contribution in [1.29, 1.82) is 0 Å². The molecule has 0 aliphatic carbocycles. The zero-order valence-corrected chi connectivity index (χ0v) is 11.8. The van der Waals surface area contributed by atoms with E-state index in [0.717, 1.165) is 16.3 Å². The second kappa shape index (κ2) is 5.13. The molecule has 23 heavy (non-hydrogen) atoms. The highest BCUT2D eigenvalue weighted by Gasteiger charge is 2.12. The van der Waals surface area contributed by atoms with E-state index >= 15 is 0 Å². The smallest absolute Gasteiger partial charge is 0.335 e. The summed E-state index contributed by atoms with van der Waals surface area (Å²) in [6, 6.07) is 11.8. The standard InChI is InChI=1S/C16H10N4O3/c21-16(22)10-3-1-9(2-4-10)14-19-20-15(23-14)11-5-6-12-13(7-11)18-8-17-12/h1-7H,8H2,(H,21,22). The van der Waals surface area contributed by atoms with Gasteiger partial charge in [-0.25, -0.2) is 4.79 Å². The van der Waals surface area contributed by atoms with E-state index in [0.29, 0.717) is 24.0 Å². The van der Waals surface area contributed by atoms with E-state index < -0.39 is 5.97 Å². The fraction of sp³-hybridized carbons (Fsp3) is 0.0625. The van der Waals surface area contributed by atoms with Gasteiger partial charge in [-0.2, -0.15) is 0 Å². The van der Waals surface area contributed by atoms with Crippen LogP contribution in [-0.2, 0) is 0 Å². The molecule has 1 aliphatic heterocycles. The Morgan fingerprint density at radius 1 is 0.913 bits per heavy atom. The first-order chi connectivity index (χ1) is 11.2. The molecule has 4 rings (SSSR count). The first kappa shape index (κ1) is 13.3. The van der Waals surface area contributed by atoms with E-state index in [1.807, 2.05) is 18.2 Å². The maximum absolute atomic E-state index is 10.9. The Morgan fingerprint density at radius 2 is 1.57 bits per heavy atom. The number of aromatic carboxylic acids is 1. The molecular formula is C16H10N4O3. The van der Waals surface area contributed by atoms with Crippen LogP contribution in [0, 0.1) is 0 Å². The fourth-order valence-electron chi connectivity index (χ4n) is 2.32. The molecule has 0 atom stereocenters. The maximum atomic E-state index is 10.9. The lowest BCUT2D eigenvalue weighted by molar-refractivity contribution is 0.0697. The highest BCUT2D eigenvalue weighted by molar-refractivity contribution is 5.88. The van der Waals surface area contributed by atoms with E-state index in [1.165, 1.54) is 12.1 Å². The molecule has 0 fully saturated rings. The number of fused-ring (bicyclic) bond motifs is 1. The summed E-state index contributed by atoms with van der Waals surface area (Å²) in [7, 11) is 0. The normalized spacial score (nSPS) is 12.3. The number of hydrogen-bond donors (Lipinski definition) is 1. The quantitative estimate of drug-likeness (QED) is 0.786. The maximum Gasteiger partial charge on any atom is 0.335 e. The van der Waals surface area contributed by atoms with Gasteiger partial charge in [0.2, 0.25) is 11.8 Å². The zero-order chi connectivity index (χ0) is 15.8. The van der Waals surface area contributed by atoms with Crippen molar-refractivity contribution in [3.05, 3.63) is 58.7 Å². The van der Waals surface area contributed by atoms with Crippen LogP contribution in [0.15, 0.2) is 56.9 Å². The molecule has 0 spiro atoms. The van der Waals surface area contributed by atoms with E-state index in [-0.39, 0.29) is 5.56 Å². The van der Waals surface area contributed by atoms with Crippen molar-refractivity contribution >= 4 is 5.97 Å². The van der Waals surface area contributed by atoms with Gasteiger partial charge in [0.15, 0.2) is 0 Å². The van der Waals surface area contributed by atoms with Crippen molar-refractivity contribution in [1.82, 2.24) is 10.2 Å². The topological polar surface area (TPSA) is 101 Å². The third-order valence-electron chi connectivity index (χ3n) is 3.51. The number of benzene rings is 2. The third kappa shape index (κ3) is 2.38. The summed E-state index contributed by atoms with van der Waals surface area (Å²) < 4.78 is 5.67. The number of carboxylic acid groups (broad SMARTS) is 1. The van der Waals surface area contributed by atoms with Gasteiger partial charge < -0.3 is 9.52 Å². The van der Waals surface area contributed by atoms with E-state index in [1.54, 1.807) is 12.1 Å². The number of carbonyl (C=O) groups is 1. The average molecular weight is 306 g/mol. The van der Waals surface area contributed by atoms with Crippen LogP contribution in [0.5, 0.6) is 0 Å². The van der Waals surface area contributed by atoms with Gasteiger partial charge in [-0.1, -0.05) is 0 Å². The van der Waals surface area contributed by atoms with E-state index in [4.69, 9.17) is 9.52 Å². The lowest BCUT2D eigenvalue weighted by Gasteiger charge is -1.96. The van der Waals surface area contributed by atoms with Crippen LogP contribution in [0.2, 0.25) is 0 Å². The van der Waals surface area contributed by atoms with E-state index in [9.17, 15) is 4.79 Å². The molecule has 7 heteroatoms. The van der Waals surface area contributed by atoms with Crippen molar-refractivity contribution in [2.45, 2.75) is 0 Å². The SMILES string of the molecule is O=C(O)c1ccc(-c2nnc(-c3ccc4c(c3)=NCN=4)o2)cc1. The molecule has 1 aliphatic rings. The molecule has 0 saturated heterocycles. The van der Waals surface area contributed by atoms with Crippen LogP contribution in [0.3, 0.4) is 0 Å². The molecule has 7 nitrogen and oxygen atoms in total. The molecule has 112 valence electrons. The van der Waals surface area contributed by atoms with Crippen molar-refractivity contribution in [3.63, 3.8) is 0 Å². The third-order valence-corrected chi connectivity index (χ3v) is 3.51.